The van der Waals surface area contributed by atoms with Gasteiger partial charge < -0.3 is 5.32 Å². The first-order chi connectivity index (χ1) is 10.2. The van der Waals surface area contributed by atoms with Crippen molar-refractivity contribution in [2.24, 2.45) is 0 Å². The molecule has 0 radical (unpaired) electrons. The number of anilines is 1. The maximum absolute atomic E-state index is 11.4. The fourth-order valence-electron chi connectivity index (χ4n) is 2.28. The van der Waals surface area contributed by atoms with Crippen LogP contribution >= 0.6 is 11.3 Å². The lowest BCUT2D eigenvalue weighted by atomic mass is 10.1. The van der Waals surface area contributed by atoms with E-state index in [4.69, 9.17) is 0 Å². The van der Waals surface area contributed by atoms with E-state index in [2.05, 4.69) is 23.5 Å². The first-order valence-corrected chi connectivity index (χ1v) is 7.43. The van der Waals surface area contributed by atoms with E-state index in [1.807, 2.05) is 29.7 Å². The van der Waals surface area contributed by atoms with Gasteiger partial charge in [0.05, 0.1) is 12.1 Å². The van der Waals surface area contributed by atoms with Crippen molar-refractivity contribution >= 4 is 28.5 Å². The second-order valence-corrected chi connectivity index (χ2v) is 5.55. The molecule has 21 heavy (non-hydrogen) atoms. The van der Waals surface area contributed by atoms with Crippen LogP contribution in [0.25, 0.3) is 16.8 Å². The highest BCUT2D eigenvalue weighted by Crippen LogP contribution is 2.31. The molecule has 0 bridgehead atoms. The molecule has 0 spiro atoms. The lowest BCUT2D eigenvalue weighted by molar-refractivity contribution is -0.115. The Morgan fingerprint density at radius 2 is 2.24 bits per heavy atom. The standard InChI is InChI=1S/C17H14N2OS/c1-3-5-11(4-2)17-19-15(10-21-17)12-6-7-14-13(8-12)9-16(20)18-14/h3-8,10H,1-2,9H2,(H,18,20)/b11-5+. The van der Waals surface area contributed by atoms with E-state index in [1.54, 1.807) is 23.5 Å². The van der Waals surface area contributed by atoms with E-state index in [-0.39, 0.29) is 5.91 Å². The van der Waals surface area contributed by atoms with Gasteiger partial charge in [0.15, 0.2) is 0 Å². The Kier molecular flexibility index (Phi) is 3.54. The number of aromatic nitrogens is 1. The summed E-state index contributed by atoms with van der Waals surface area (Å²) in [6.07, 6.45) is 5.83. The third-order valence-corrected chi connectivity index (χ3v) is 4.19. The predicted octanol–water partition coefficient (Wildman–Crippen LogP) is 4.06. The third kappa shape index (κ3) is 2.58. The minimum Gasteiger partial charge on any atom is -0.326 e. The van der Waals surface area contributed by atoms with Crippen molar-refractivity contribution in [2.75, 3.05) is 5.32 Å². The molecule has 104 valence electrons. The average molecular weight is 294 g/mol. The van der Waals surface area contributed by atoms with Gasteiger partial charge >= 0.3 is 0 Å². The van der Waals surface area contributed by atoms with E-state index in [0.29, 0.717) is 6.42 Å². The van der Waals surface area contributed by atoms with Crippen LogP contribution in [-0.2, 0) is 11.2 Å². The van der Waals surface area contributed by atoms with E-state index in [9.17, 15) is 4.79 Å². The molecule has 2 aromatic rings. The van der Waals surface area contributed by atoms with Crippen molar-refractivity contribution in [1.82, 2.24) is 4.98 Å². The van der Waals surface area contributed by atoms with Crippen molar-refractivity contribution in [3.05, 3.63) is 65.5 Å². The minimum atomic E-state index is 0.0453. The molecule has 1 aromatic heterocycles. The lowest BCUT2D eigenvalue weighted by Crippen LogP contribution is -2.03. The van der Waals surface area contributed by atoms with Gasteiger partial charge in [-0.15, -0.1) is 11.3 Å². The number of hydrogen-bond donors (Lipinski definition) is 1. The van der Waals surface area contributed by atoms with E-state index in [0.717, 1.165) is 33.1 Å². The summed E-state index contributed by atoms with van der Waals surface area (Å²) in [6.45, 7) is 7.50. The zero-order valence-corrected chi connectivity index (χ0v) is 12.2. The molecule has 3 rings (SSSR count). The smallest absolute Gasteiger partial charge is 0.228 e. The number of thiazole rings is 1. The summed E-state index contributed by atoms with van der Waals surface area (Å²) in [6, 6.07) is 5.94. The largest absolute Gasteiger partial charge is 0.326 e. The van der Waals surface area contributed by atoms with Gasteiger partial charge in [0.25, 0.3) is 0 Å². The predicted molar refractivity (Wildman–Crippen MR) is 88.3 cm³/mol. The number of nitrogens with zero attached hydrogens (tertiary/aromatic N) is 1. The van der Waals surface area contributed by atoms with Crippen LogP contribution in [-0.4, -0.2) is 10.9 Å². The zero-order valence-electron chi connectivity index (χ0n) is 11.4. The Bertz CT molecular complexity index is 771. The number of carbonyl (C=O) groups is 1. The fourth-order valence-corrected chi connectivity index (χ4v) is 3.13. The van der Waals surface area contributed by atoms with Crippen molar-refractivity contribution in [1.29, 1.82) is 0 Å². The summed E-state index contributed by atoms with van der Waals surface area (Å²) in [4.78, 5) is 16.0. The van der Waals surface area contributed by atoms with Gasteiger partial charge in [-0.3, -0.25) is 4.79 Å². The van der Waals surface area contributed by atoms with Crippen LogP contribution in [0.1, 0.15) is 10.6 Å². The number of rotatable bonds is 4. The molecule has 0 fully saturated rings. The molecule has 1 amide bonds. The molecule has 1 N–H and O–H groups in total. The Morgan fingerprint density at radius 3 is 3.00 bits per heavy atom. The first kappa shape index (κ1) is 13.5. The Labute approximate surface area is 127 Å². The summed E-state index contributed by atoms with van der Waals surface area (Å²) in [5.74, 6) is 0.0453. The quantitative estimate of drug-likeness (QED) is 0.864. The summed E-state index contributed by atoms with van der Waals surface area (Å²) in [5.41, 5.74) is 4.82. The van der Waals surface area contributed by atoms with Crippen molar-refractivity contribution in [3.63, 3.8) is 0 Å². The molecule has 0 saturated heterocycles. The topological polar surface area (TPSA) is 42.0 Å². The van der Waals surface area contributed by atoms with E-state index < -0.39 is 0 Å². The van der Waals surface area contributed by atoms with Gasteiger partial charge in [-0.1, -0.05) is 37.5 Å². The van der Waals surface area contributed by atoms with Crippen molar-refractivity contribution in [2.45, 2.75) is 6.42 Å². The molecule has 1 aliphatic rings. The van der Waals surface area contributed by atoms with Crippen LogP contribution in [0.3, 0.4) is 0 Å². The van der Waals surface area contributed by atoms with Gasteiger partial charge in [-0.2, -0.15) is 0 Å². The maximum Gasteiger partial charge on any atom is 0.228 e. The monoisotopic (exact) mass is 294 g/mol. The second kappa shape index (κ2) is 5.50. The molecule has 3 nitrogen and oxygen atoms in total. The summed E-state index contributed by atoms with van der Waals surface area (Å²) in [7, 11) is 0. The Hall–Kier alpha value is -2.46. The minimum absolute atomic E-state index is 0.0453. The number of hydrogen-bond acceptors (Lipinski definition) is 3. The van der Waals surface area contributed by atoms with Gasteiger partial charge in [0.1, 0.15) is 5.01 Å². The van der Waals surface area contributed by atoms with Gasteiger partial charge in [-0.05, 0) is 17.7 Å². The third-order valence-electron chi connectivity index (χ3n) is 3.29. The normalized spacial score (nSPS) is 13.7. The van der Waals surface area contributed by atoms with Gasteiger partial charge in [0.2, 0.25) is 5.91 Å². The fraction of sp³-hybridized carbons (Fsp3) is 0.0588. The second-order valence-electron chi connectivity index (χ2n) is 4.70. The number of carbonyl (C=O) groups excluding carboxylic acids is 1. The van der Waals surface area contributed by atoms with Crippen LogP contribution in [0.2, 0.25) is 0 Å². The molecule has 0 saturated carbocycles. The Morgan fingerprint density at radius 1 is 1.38 bits per heavy atom. The molecule has 1 aromatic carbocycles. The molecule has 0 unspecified atom stereocenters. The Balaban J connectivity index is 1.96. The van der Waals surface area contributed by atoms with Crippen LogP contribution in [0.15, 0.2) is 55.0 Å². The lowest BCUT2D eigenvalue weighted by Gasteiger charge is -2.01. The molecule has 4 heteroatoms. The first-order valence-electron chi connectivity index (χ1n) is 6.55. The van der Waals surface area contributed by atoms with E-state index in [1.165, 1.54) is 0 Å². The molecule has 0 aliphatic carbocycles. The van der Waals surface area contributed by atoms with Crippen molar-refractivity contribution in [3.8, 4) is 11.3 Å². The van der Waals surface area contributed by atoms with Crippen LogP contribution < -0.4 is 5.32 Å². The van der Waals surface area contributed by atoms with Crippen LogP contribution in [0.4, 0.5) is 5.69 Å². The SMILES string of the molecule is C=C/C=C(\C=C)c1nc(-c2ccc3c(c2)CC(=O)N3)cs1. The van der Waals surface area contributed by atoms with E-state index >= 15 is 0 Å². The average Bonchev–Trinajstić information content (AvgIpc) is 3.09. The maximum atomic E-state index is 11.4. The van der Waals surface area contributed by atoms with Crippen molar-refractivity contribution < 1.29 is 4.79 Å². The molecule has 2 heterocycles. The molecule has 0 atom stereocenters. The zero-order chi connectivity index (χ0) is 14.8. The van der Waals surface area contributed by atoms with Crippen LogP contribution in [0.5, 0.6) is 0 Å². The highest BCUT2D eigenvalue weighted by molar-refractivity contribution is 7.11. The summed E-state index contributed by atoms with van der Waals surface area (Å²) in [5, 5.41) is 5.76. The number of nitrogens with one attached hydrogen (secondary N) is 1. The number of benzene rings is 1. The summed E-state index contributed by atoms with van der Waals surface area (Å²) >= 11 is 1.57. The van der Waals surface area contributed by atoms with Gasteiger partial charge in [-0.25, -0.2) is 4.98 Å². The number of allylic oxidation sites excluding steroid dienone is 4. The molecular formula is C17H14N2OS. The number of amides is 1. The van der Waals surface area contributed by atoms with Crippen LogP contribution in [0, 0.1) is 0 Å². The number of fused-ring (bicyclic) bond motifs is 1. The molecule has 1 aliphatic heterocycles. The molecular weight excluding hydrogens is 280 g/mol. The van der Waals surface area contributed by atoms with Gasteiger partial charge in [0, 0.05) is 22.2 Å². The highest BCUT2D eigenvalue weighted by Gasteiger charge is 2.18. The highest BCUT2D eigenvalue weighted by atomic mass is 32.1. The summed E-state index contributed by atoms with van der Waals surface area (Å²) < 4.78 is 0.